The molecule has 21 heavy (non-hydrogen) atoms. The van der Waals surface area contributed by atoms with Crippen molar-refractivity contribution in [2.75, 3.05) is 33.5 Å². The molecular weight excluding hydrogens is 270 g/mol. The highest BCUT2D eigenvalue weighted by Gasteiger charge is 2.40. The quantitative estimate of drug-likeness (QED) is 0.696. The number of ether oxygens (including phenoxy) is 2. The summed E-state index contributed by atoms with van der Waals surface area (Å²) in [5.74, 6) is 0.0289. The molecule has 2 fully saturated rings. The Hall–Kier alpha value is -0.650. The average Bonchev–Trinajstić information content (AvgIpc) is 2.50. The van der Waals surface area contributed by atoms with Crippen LogP contribution < -0.4 is 0 Å². The normalized spacial score (nSPS) is 30.0. The number of hydrogen-bond donors (Lipinski definition) is 1. The molecule has 0 aromatic carbocycles. The molecule has 1 N–H and O–H groups in total. The van der Waals surface area contributed by atoms with Crippen molar-refractivity contribution in [1.82, 2.24) is 4.90 Å². The molecule has 0 aromatic rings. The summed E-state index contributed by atoms with van der Waals surface area (Å²) in [6, 6.07) is 0.142. The Bertz CT molecular complexity index is 323. The molecule has 2 rings (SSSR count). The smallest absolute Gasteiger partial charge is 0.320 e. The van der Waals surface area contributed by atoms with Crippen LogP contribution in [0.3, 0.4) is 0 Å². The van der Waals surface area contributed by atoms with E-state index in [2.05, 4.69) is 4.90 Å². The molecule has 2 aliphatic rings. The van der Waals surface area contributed by atoms with E-state index < -0.39 is 5.97 Å². The highest BCUT2D eigenvalue weighted by Crippen LogP contribution is 2.37. The molecule has 1 saturated carbocycles. The second kappa shape index (κ2) is 8.71. The number of nitrogens with zero attached hydrogens (tertiary/aromatic N) is 1. The van der Waals surface area contributed by atoms with Gasteiger partial charge in [0.15, 0.2) is 0 Å². The van der Waals surface area contributed by atoms with Gasteiger partial charge in [0.1, 0.15) is 6.04 Å². The fourth-order valence-electron chi connectivity index (χ4n) is 3.89. The summed E-state index contributed by atoms with van der Waals surface area (Å²) < 4.78 is 10.6. The van der Waals surface area contributed by atoms with E-state index in [9.17, 15) is 9.90 Å². The number of piperidine rings is 1. The van der Waals surface area contributed by atoms with Gasteiger partial charge in [-0.05, 0) is 38.0 Å². The predicted octanol–water partition coefficient (Wildman–Crippen LogP) is 2.15. The molecule has 0 spiro atoms. The molecule has 3 unspecified atom stereocenters. The highest BCUT2D eigenvalue weighted by molar-refractivity contribution is 5.73. The zero-order valence-electron chi connectivity index (χ0n) is 13.1. The van der Waals surface area contributed by atoms with Crippen LogP contribution in [0.4, 0.5) is 0 Å². The van der Waals surface area contributed by atoms with Crippen molar-refractivity contribution in [3.8, 4) is 0 Å². The first-order valence-electron chi connectivity index (χ1n) is 8.29. The number of carboxylic acid groups (broad SMARTS) is 1. The second-order valence-corrected chi connectivity index (χ2v) is 6.24. The molecule has 5 heteroatoms. The van der Waals surface area contributed by atoms with Crippen LogP contribution in [0, 0.1) is 5.92 Å². The number of carboxylic acids is 1. The number of fused-ring (bicyclic) bond motifs is 1. The SMILES string of the molecule is COCCCOCCN1C(C(=O)O)CCC2CCCCC21. The Morgan fingerprint density at radius 3 is 2.71 bits per heavy atom. The molecule has 1 aliphatic heterocycles. The zero-order chi connectivity index (χ0) is 15.1. The number of likely N-dealkylation sites (tertiary alicyclic amines) is 1. The minimum atomic E-state index is -0.668. The van der Waals surface area contributed by atoms with Gasteiger partial charge >= 0.3 is 5.97 Å². The van der Waals surface area contributed by atoms with E-state index in [-0.39, 0.29) is 6.04 Å². The van der Waals surface area contributed by atoms with Crippen molar-refractivity contribution in [3.05, 3.63) is 0 Å². The maximum absolute atomic E-state index is 11.5. The fourth-order valence-corrected chi connectivity index (χ4v) is 3.89. The summed E-state index contributed by atoms with van der Waals surface area (Å²) in [5.41, 5.74) is 0. The molecular formula is C16H29NO4. The number of methoxy groups -OCH3 is 1. The summed E-state index contributed by atoms with van der Waals surface area (Å²) in [4.78, 5) is 13.7. The van der Waals surface area contributed by atoms with E-state index in [1.165, 1.54) is 19.3 Å². The van der Waals surface area contributed by atoms with Crippen LogP contribution in [-0.4, -0.2) is 61.5 Å². The third-order valence-electron chi connectivity index (χ3n) is 4.92. The highest BCUT2D eigenvalue weighted by atomic mass is 16.5. The Balaban J connectivity index is 1.83. The summed E-state index contributed by atoms with van der Waals surface area (Å²) in [6.45, 7) is 2.77. The van der Waals surface area contributed by atoms with Gasteiger partial charge in [0, 0.05) is 32.9 Å². The zero-order valence-corrected chi connectivity index (χ0v) is 13.1. The minimum absolute atomic E-state index is 0.313. The molecule has 0 amide bonds. The number of carbonyl (C=O) groups is 1. The lowest BCUT2D eigenvalue weighted by atomic mass is 9.76. The van der Waals surface area contributed by atoms with Crippen molar-refractivity contribution in [2.45, 2.75) is 57.0 Å². The van der Waals surface area contributed by atoms with Gasteiger partial charge in [-0.2, -0.15) is 0 Å². The lowest BCUT2D eigenvalue weighted by Gasteiger charge is -2.47. The maximum atomic E-state index is 11.5. The Morgan fingerprint density at radius 2 is 1.95 bits per heavy atom. The first-order valence-corrected chi connectivity index (χ1v) is 8.29. The van der Waals surface area contributed by atoms with Crippen LogP contribution in [0.2, 0.25) is 0 Å². The molecule has 1 saturated heterocycles. The summed E-state index contributed by atoms with van der Waals surface area (Å²) in [6.07, 6.45) is 7.72. The van der Waals surface area contributed by atoms with Crippen molar-refractivity contribution >= 4 is 5.97 Å². The van der Waals surface area contributed by atoms with Crippen LogP contribution in [-0.2, 0) is 14.3 Å². The number of aliphatic carboxylic acids is 1. The van der Waals surface area contributed by atoms with Crippen molar-refractivity contribution < 1.29 is 19.4 Å². The number of rotatable bonds is 8. The van der Waals surface area contributed by atoms with Crippen LogP contribution in [0.1, 0.15) is 44.9 Å². The monoisotopic (exact) mass is 299 g/mol. The topological polar surface area (TPSA) is 59.0 Å². The van der Waals surface area contributed by atoms with Gasteiger partial charge in [-0.25, -0.2) is 0 Å². The predicted molar refractivity (Wildman–Crippen MR) is 80.4 cm³/mol. The number of hydrogen-bond acceptors (Lipinski definition) is 4. The largest absolute Gasteiger partial charge is 0.480 e. The lowest BCUT2D eigenvalue weighted by Crippen LogP contribution is -2.55. The molecule has 0 aromatic heterocycles. The molecule has 1 heterocycles. The standard InChI is InChI=1S/C16H29NO4/c1-20-10-4-11-21-12-9-17-14-6-3-2-5-13(14)7-8-15(17)16(18)19/h13-15H,2-12H2,1H3,(H,18,19). The van der Waals surface area contributed by atoms with Gasteiger partial charge in [0.05, 0.1) is 6.61 Å². The van der Waals surface area contributed by atoms with E-state index in [1.54, 1.807) is 7.11 Å². The summed E-state index contributed by atoms with van der Waals surface area (Å²) in [5, 5.41) is 9.47. The van der Waals surface area contributed by atoms with Crippen LogP contribution in [0.15, 0.2) is 0 Å². The van der Waals surface area contributed by atoms with Crippen LogP contribution >= 0.6 is 0 Å². The van der Waals surface area contributed by atoms with E-state index in [4.69, 9.17) is 9.47 Å². The van der Waals surface area contributed by atoms with Gasteiger partial charge in [0.2, 0.25) is 0 Å². The molecule has 0 bridgehead atoms. The van der Waals surface area contributed by atoms with Gasteiger partial charge in [-0.3, -0.25) is 9.69 Å². The Labute approximate surface area is 127 Å². The van der Waals surface area contributed by atoms with Crippen LogP contribution in [0.5, 0.6) is 0 Å². The van der Waals surface area contributed by atoms with Crippen molar-refractivity contribution in [3.63, 3.8) is 0 Å². The second-order valence-electron chi connectivity index (χ2n) is 6.24. The molecule has 5 nitrogen and oxygen atoms in total. The average molecular weight is 299 g/mol. The van der Waals surface area contributed by atoms with Crippen molar-refractivity contribution in [1.29, 1.82) is 0 Å². The van der Waals surface area contributed by atoms with E-state index in [0.29, 0.717) is 31.8 Å². The maximum Gasteiger partial charge on any atom is 0.320 e. The molecule has 3 atom stereocenters. The molecule has 122 valence electrons. The van der Waals surface area contributed by atoms with E-state index in [1.807, 2.05) is 0 Å². The summed E-state index contributed by atoms with van der Waals surface area (Å²) in [7, 11) is 1.69. The summed E-state index contributed by atoms with van der Waals surface area (Å²) >= 11 is 0. The van der Waals surface area contributed by atoms with Crippen LogP contribution in [0.25, 0.3) is 0 Å². The van der Waals surface area contributed by atoms with Crippen molar-refractivity contribution in [2.24, 2.45) is 5.92 Å². The van der Waals surface area contributed by atoms with Gasteiger partial charge in [-0.1, -0.05) is 12.8 Å². The van der Waals surface area contributed by atoms with Gasteiger partial charge in [-0.15, -0.1) is 0 Å². The third kappa shape index (κ3) is 4.66. The molecule has 0 radical (unpaired) electrons. The lowest BCUT2D eigenvalue weighted by molar-refractivity contribution is -0.148. The molecule has 1 aliphatic carbocycles. The fraction of sp³-hybridized carbons (Fsp3) is 0.938. The van der Waals surface area contributed by atoms with E-state index in [0.717, 1.165) is 32.2 Å². The van der Waals surface area contributed by atoms with E-state index >= 15 is 0 Å². The van der Waals surface area contributed by atoms with Gasteiger partial charge in [0.25, 0.3) is 0 Å². The van der Waals surface area contributed by atoms with Gasteiger partial charge < -0.3 is 14.6 Å². The Kier molecular flexibility index (Phi) is 6.93. The first kappa shape index (κ1) is 16.7. The Morgan fingerprint density at radius 1 is 1.14 bits per heavy atom. The minimum Gasteiger partial charge on any atom is -0.480 e. The first-order chi connectivity index (χ1) is 10.2. The third-order valence-corrected chi connectivity index (χ3v) is 4.92.